The highest BCUT2D eigenvalue weighted by molar-refractivity contribution is 6.11. The van der Waals surface area contributed by atoms with E-state index in [2.05, 4.69) is 30.8 Å². The molecular formula is C26H27N7O3. The Kier molecular flexibility index (Phi) is 5.33. The Labute approximate surface area is 207 Å². The molecule has 2 amide bonds. The molecule has 0 atom stereocenters. The minimum Gasteiger partial charge on any atom is -0.355 e. The van der Waals surface area contributed by atoms with Gasteiger partial charge in [0.25, 0.3) is 5.91 Å². The van der Waals surface area contributed by atoms with Crippen LogP contribution >= 0.6 is 0 Å². The maximum absolute atomic E-state index is 13.1. The molecule has 0 bridgehead atoms. The van der Waals surface area contributed by atoms with Gasteiger partial charge in [0, 0.05) is 30.9 Å². The molecule has 1 aliphatic carbocycles. The predicted octanol–water partition coefficient (Wildman–Crippen LogP) is 3.75. The largest absolute Gasteiger partial charge is 0.355 e. The number of anilines is 2. The zero-order valence-electron chi connectivity index (χ0n) is 20.2. The number of aryl methyl sites for hydroxylation is 2. The van der Waals surface area contributed by atoms with Crippen LogP contribution in [0, 0.1) is 6.92 Å². The second-order valence-corrected chi connectivity index (χ2v) is 9.75. The number of nitrogens with zero attached hydrogens (tertiary/aromatic N) is 5. The van der Waals surface area contributed by atoms with Crippen molar-refractivity contribution in [2.45, 2.75) is 38.1 Å². The predicted molar refractivity (Wildman–Crippen MR) is 135 cm³/mol. The van der Waals surface area contributed by atoms with Gasteiger partial charge in [0.1, 0.15) is 0 Å². The van der Waals surface area contributed by atoms with E-state index in [4.69, 9.17) is 4.52 Å². The van der Waals surface area contributed by atoms with Gasteiger partial charge in [0.2, 0.25) is 5.91 Å². The second-order valence-electron chi connectivity index (χ2n) is 9.75. The summed E-state index contributed by atoms with van der Waals surface area (Å²) < 4.78 is 7.18. The van der Waals surface area contributed by atoms with Crippen LogP contribution in [-0.4, -0.2) is 55.3 Å². The molecule has 3 aromatic heterocycles. The third kappa shape index (κ3) is 3.93. The summed E-state index contributed by atoms with van der Waals surface area (Å²) in [6, 6.07) is 7.28. The van der Waals surface area contributed by atoms with Crippen molar-refractivity contribution < 1.29 is 14.1 Å². The maximum atomic E-state index is 13.1. The van der Waals surface area contributed by atoms with Crippen molar-refractivity contribution in [2.24, 2.45) is 7.05 Å². The van der Waals surface area contributed by atoms with E-state index in [1.807, 2.05) is 31.4 Å². The first-order chi connectivity index (χ1) is 17.4. The number of fused-ring (bicyclic) bond motifs is 1. The van der Waals surface area contributed by atoms with E-state index in [1.54, 1.807) is 30.1 Å². The van der Waals surface area contributed by atoms with E-state index < -0.39 is 5.91 Å². The number of carbonyl (C=O) groups is 2. The molecule has 2 fully saturated rings. The smallest absolute Gasteiger partial charge is 0.278 e. The fourth-order valence-electron chi connectivity index (χ4n) is 5.12. The highest BCUT2D eigenvalue weighted by Crippen LogP contribution is 2.46. The minimum atomic E-state index is -0.413. The third-order valence-corrected chi connectivity index (χ3v) is 7.48. The van der Waals surface area contributed by atoms with Crippen molar-refractivity contribution >= 4 is 34.2 Å². The molecule has 4 heterocycles. The van der Waals surface area contributed by atoms with Crippen LogP contribution in [0.3, 0.4) is 0 Å². The average molecular weight is 486 g/mol. The molecule has 6 rings (SSSR count). The number of aromatic nitrogens is 4. The quantitative estimate of drug-likeness (QED) is 0.427. The molecule has 10 nitrogen and oxygen atoms in total. The van der Waals surface area contributed by atoms with Crippen molar-refractivity contribution in [1.82, 2.24) is 24.8 Å². The SMILES string of the molecule is Cc1ncc(NC(=O)CN2CCC23CCC3)cc1NC(=O)c1noc2cc(-c3cnn(C)c3)ccc12. The van der Waals surface area contributed by atoms with Crippen molar-refractivity contribution in [2.75, 3.05) is 23.7 Å². The average Bonchev–Trinajstić information content (AvgIpc) is 3.44. The van der Waals surface area contributed by atoms with E-state index in [0.717, 1.165) is 17.7 Å². The van der Waals surface area contributed by atoms with Gasteiger partial charge in [0.15, 0.2) is 11.3 Å². The maximum Gasteiger partial charge on any atom is 0.278 e. The molecule has 1 aliphatic heterocycles. The van der Waals surface area contributed by atoms with Crippen molar-refractivity contribution in [3.8, 4) is 11.1 Å². The topological polar surface area (TPSA) is 118 Å². The summed E-state index contributed by atoms with van der Waals surface area (Å²) in [6.45, 7) is 3.14. The number of likely N-dealkylation sites (tertiary alicyclic amines) is 1. The van der Waals surface area contributed by atoms with Gasteiger partial charge < -0.3 is 15.2 Å². The summed E-state index contributed by atoms with van der Waals surface area (Å²) in [5, 5.41) is 14.6. The lowest BCUT2D eigenvalue weighted by atomic mass is 9.68. The fraction of sp³-hybridized carbons (Fsp3) is 0.346. The fourth-order valence-corrected chi connectivity index (χ4v) is 5.12. The Hall–Kier alpha value is -4.05. The van der Waals surface area contributed by atoms with Crippen molar-refractivity contribution in [1.29, 1.82) is 0 Å². The Balaban J connectivity index is 1.15. The van der Waals surface area contributed by atoms with Crippen molar-refractivity contribution in [3.63, 3.8) is 0 Å². The van der Waals surface area contributed by atoms with Crippen LogP contribution in [0.15, 0.2) is 47.4 Å². The van der Waals surface area contributed by atoms with Crippen molar-refractivity contribution in [3.05, 3.63) is 54.2 Å². The van der Waals surface area contributed by atoms with Crippen LogP contribution in [0.1, 0.15) is 41.9 Å². The summed E-state index contributed by atoms with van der Waals surface area (Å²) in [5.74, 6) is -0.487. The van der Waals surface area contributed by atoms with Gasteiger partial charge in [0.05, 0.1) is 41.4 Å². The van der Waals surface area contributed by atoms with E-state index in [9.17, 15) is 9.59 Å². The molecule has 1 saturated heterocycles. The molecule has 10 heteroatoms. The summed E-state index contributed by atoms with van der Waals surface area (Å²) in [4.78, 5) is 32.3. The van der Waals surface area contributed by atoms with Crippen LogP contribution in [0.2, 0.25) is 0 Å². The lowest BCUT2D eigenvalue weighted by molar-refractivity contribution is -0.127. The van der Waals surface area contributed by atoms with Crippen LogP contribution in [0.4, 0.5) is 11.4 Å². The summed E-state index contributed by atoms with van der Waals surface area (Å²) in [5.41, 5.74) is 4.48. The Morgan fingerprint density at radius 3 is 2.67 bits per heavy atom. The molecule has 0 radical (unpaired) electrons. The molecule has 0 unspecified atom stereocenters. The molecule has 1 spiro atoms. The lowest BCUT2D eigenvalue weighted by Crippen LogP contribution is -2.65. The molecule has 184 valence electrons. The molecule has 2 aliphatic rings. The minimum absolute atomic E-state index is 0.0733. The van der Waals surface area contributed by atoms with Gasteiger partial charge in [-0.15, -0.1) is 0 Å². The standard InChI is InChI=1S/C26H27N7O3/c1-16-21(11-19(13-27-16)29-23(34)15-33-9-8-26(33)6-3-7-26)30-25(35)24-20-5-4-17(10-22(20)36-31-24)18-12-28-32(2)14-18/h4-5,10-14H,3,6-9,15H2,1-2H3,(H,29,34)(H,30,35). The van der Waals surface area contributed by atoms with Gasteiger partial charge in [-0.2, -0.15) is 5.10 Å². The Morgan fingerprint density at radius 2 is 1.97 bits per heavy atom. The summed E-state index contributed by atoms with van der Waals surface area (Å²) in [6.07, 6.45) is 10.1. The van der Waals surface area contributed by atoms with Gasteiger partial charge in [-0.05, 0) is 56.4 Å². The number of amides is 2. The highest BCUT2D eigenvalue weighted by Gasteiger charge is 2.49. The first-order valence-corrected chi connectivity index (χ1v) is 12.1. The highest BCUT2D eigenvalue weighted by atomic mass is 16.5. The van der Waals surface area contributed by atoms with Gasteiger partial charge in [-0.1, -0.05) is 11.2 Å². The molecule has 2 N–H and O–H groups in total. The Morgan fingerprint density at radius 1 is 1.11 bits per heavy atom. The number of rotatable bonds is 6. The van der Waals surface area contributed by atoms with Crippen LogP contribution in [0.5, 0.6) is 0 Å². The van der Waals surface area contributed by atoms with E-state index in [0.29, 0.717) is 34.6 Å². The second kappa shape index (κ2) is 8.56. The number of benzene rings is 1. The lowest BCUT2D eigenvalue weighted by Gasteiger charge is -2.58. The molecular weight excluding hydrogens is 458 g/mol. The van der Waals surface area contributed by atoms with Crippen LogP contribution < -0.4 is 10.6 Å². The number of hydrogen-bond acceptors (Lipinski definition) is 7. The van der Waals surface area contributed by atoms with Gasteiger partial charge in [-0.25, -0.2) is 0 Å². The zero-order valence-corrected chi connectivity index (χ0v) is 20.2. The van der Waals surface area contributed by atoms with Gasteiger partial charge in [-0.3, -0.25) is 24.2 Å². The van der Waals surface area contributed by atoms with Crippen LogP contribution in [-0.2, 0) is 11.8 Å². The molecule has 36 heavy (non-hydrogen) atoms. The monoisotopic (exact) mass is 485 g/mol. The molecule has 1 aromatic carbocycles. The summed E-state index contributed by atoms with van der Waals surface area (Å²) in [7, 11) is 1.85. The number of carbonyl (C=O) groups excluding carboxylic acids is 2. The third-order valence-electron chi connectivity index (χ3n) is 7.48. The molecule has 4 aromatic rings. The van der Waals surface area contributed by atoms with E-state index >= 15 is 0 Å². The van der Waals surface area contributed by atoms with Gasteiger partial charge >= 0.3 is 0 Å². The Bertz CT molecular complexity index is 1480. The number of hydrogen-bond donors (Lipinski definition) is 2. The zero-order chi connectivity index (χ0) is 24.9. The van der Waals surface area contributed by atoms with E-state index in [-0.39, 0.29) is 17.1 Å². The number of pyridine rings is 1. The van der Waals surface area contributed by atoms with Crippen LogP contribution in [0.25, 0.3) is 22.1 Å². The summed E-state index contributed by atoms with van der Waals surface area (Å²) >= 11 is 0. The van der Waals surface area contributed by atoms with E-state index in [1.165, 1.54) is 25.7 Å². The first kappa shape index (κ1) is 22.4. The normalized spacial score (nSPS) is 16.5. The number of nitrogens with one attached hydrogen (secondary N) is 2. The molecule has 1 saturated carbocycles. The first-order valence-electron chi connectivity index (χ1n) is 12.1.